The molecule has 4 rings (SSSR count). The topological polar surface area (TPSA) is 66.5 Å². The SMILES string of the molecule is C[C@H]1CC[C@@H]2C(=O)N(c3cccc(C(=O)Nc4ccccc4Cl)c3)C(=O)[C@@H]2C1. The molecular weight excluding hydrogens is 376 g/mol. The first-order valence-electron chi connectivity index (χ1n) is 9.49. The molecule has 28 heavy (non-hydrogen) atoms. The Kier molecular flexibility index (Phi) is 4.94. The zero-order valence-electron chi connectivity index (χ0n) is 15.5. The number of carbonyl (C=O) groups excluding carboxylic acids is 3. The molecule has 0 unspecified atom stereocenters. The van der Waals surface area contributed by atoms with Crippen LogP contribution in [0.15, 0.2) is 48.5 Å². The Labute approximate surface area is 168 Å². The van der Waals surface area contributed by atoms with Gasteiger partial charge in [-0.2, -0.15) is 0 Å². The normalized spacial score (nSPS) is 24.2. The summed E-state index contributed by atoms with van der Waals surface area (Å²) >= 11 is 6.10. The van der Waals surface area contributed by atoms with Gasteiger partial charge < -0.3 is 5.32 Å². The van der Waals surface area contributed by atoms with Crippen LogP contribution in [0.4, 0.5) is 11.4 Å². The molecule has 0 spiro atoms. The van der Waals surface area contributed by atoms with Crippen molar-refractivity contribution in [1.29, 1.82) is 0 Å². The summed E-state index contributed by atoms with van der Waals surface area (Å²) in [5.41, 5.74) is 1.32. The van der Waals surface area contributed by atoms with Crippen molar-refractivity contribution < 1.29 is 14.4 Å². The lowest BCUT2D eigenvalue weighted by Gasteiger charge is -2.25. The van der Waals surface area contributed by atoms with Gasteiger partial charge in [0.2, 0.25) is 11.8 Å². The second kappa shape index (κ2) is 7.40. The van der Waals surface area contributed by atoms with Crippen LogP contribution in [0.1, 0.15) is 36.5 Å². The van der Waals surface area contributed by atoms with Crippen LogP contribution < -0.4 is 10.2 Å². The highest BCUT2D eigenvalue weighted by Gasteiger charge is 2.50. The molecule has 2 aliphatic rings. The van der Waals surface area contributed by atoms with Gasteiger partial charge in [0, 0.05) is 5.56 Å². The third-order valence-corrected chi connectivity index (χ3v) is 6.01. The molecule has 2 aromatic carbocycles. The summed E-state index contributed by atoms with van der Waals surface area (Å²) < 4.78 is 0. The number of benzene rings is 2. The van der Waals surface area contributed by atoms with E-state index in [9.17, 15) is 14.4 Å². The van der Waals surface area contributed by atoms with E-state index in [1.54, 1.807) is 48.5 Å². The summed E-state index contributed by atoms with van der Waals surface area (Å²) in [6.45, 7) is 2.12. The van der Waals surface area contributed by atoms with Gasteiger partial charge in [-0.05, 0) is 55.5 Å². The maximum absolute atomic E-state index is 12.9. The van der Waals surface area contributed by atoms with E-state index in [0.29, 0.717) is 27.9 Å². The number of amides is 3. The molecule has 2 aromatic rings. The second-order valence-corrected chi connectivity index (χ2v) is 8.03. The lowest BCUT2D eigenvalue weighted by atomic mass is 9.76. The highest BCUT2D eigenvalue weighted by molar-refractivity contribution is 6.34. The van der Waals surface area contributed by atoms with Gasteiger partial charge in [-0.1, -0.05) is 36.7 Å². The van der Waals surface area contributed by atoms with Gasteiger partial charge in [-0.3, -0.25) is 19.3 Å². The van der Waals surface area contributed by atoms with Gasteiger partial charge >= 0.3 is 0 Å². The van der Waals surface area contributed by atoms with Crippen molar-refractivity contribution in [2.75, 3.05) is 10.2 Å². The van der Waals surface area contributed by atoms with E-state index in [1.165, 1.54) is 4.90 Å². The Morgan fingerprint density at radius 1 is 1.04 bits per heavy atom. The fraction of sp³-hybridized carbons (Fsp3) is 0.318. The summed E-state index contributed by atoms with van der Waals surface area (Å²) in [4.78, 5) is 39.7. The van der Waals surface area contributed by atoms with Gasteiger partial charge in [0.15, 0.2) is 0 Å². The zero-order valence-corrected chi connectivity index (χ0v) is 16.3. The number of hydrogen-bond donors (Lipinski definition) is 1. The molecule has 6 heteroatoms. The quantitative estimate of drug-likeness (QED) is 0.776. The third kappa shape index (κ3) is 3.31. The Morgan fingerprint density at radius 3 is 2.57 bits per heavy atom. The van der Waals surface area contributed by atoms with E-state index >= 15 is 0 Å². The van der Waals surface area contributed by atoms with Crippen LogP contribution >= 0.6 is 11.6 Å². The molecule has 5 nitrogen and oxygen atoms in total. The molecular formula is C22H21ClN2O3. The molecule has 1 N–H and O–H groups in total. The Balaban J connectivity index is 1.59. The van der Waals surface area contributed by atoms with Crippen molar-refractivity contribution >= 4 is 40.7 Å². The smallest absolute Gasteiger partial charge is 0.255 e. The molecule has 0 bridgehead atoms. The average molecular weight is 397 g/mol. The molecule has 2 fully saturated rings. The minimum Gasteiger partial charge on any atom is -0.321 e. The summed E-state index contributed by atoms with van der Waals surface area (Å²) in [5, 5.41) is 3.20. The van der Waals surface area contributed by atoms with Crippen LogP contribution in [0, 0.1) is 17.8 Å². The fourth-order valence-electron chi connectivity index (χ4n) is 4.19. The summed E-state index contributed by atoms with van der Waals surface area (Å²) in [7, 11) is 0. The first-order valence-corrected chi connectivity index (χ1v) is 9.87. The van der Waals surface area contributed by atoms with E-state index in [1.807, 2.05) is 0 Å². The van der Waals surface area contributed by atoms with Crippen molar-refractivity contribution in [3.05, 3.63) is 59.1 Å². The lowest BCUT2D eigenvalue weighted by Crippen LogP contribution is -2.31. The van der Waals surface area contributed by atoms with E-state index in [4.69, 9.17) is 11.6 Å². The Hall–Kier alpha value is -2.66. The van der Waals surface area contributed by atoms with Crippen LogP contribution in [0.25, 0.3) is 0 Å². The lowest BCUT2D eigenvalue weighted by molar-refractivity contribution is -0.122. The molecule has 1 heterocycles. The number of rotatable bonds is 3. The first-order chi connectivity index (χ1) is 13.5. The van der Waals surface area contributed by atoms with E-state index < -0.39 is 0 Å². The molecule has 1 saturated heterocycles. The Morgan fingerprint density at radius 2 is 1.79 bits per heavy atom. The largest absolute Gasteiger partial charge is 0.321 e. The first kappa shape index (κ1) is 18.7. The van der Waals surface area contributed by atoms with Gasteiger partial charge in [-0.25, -0.2) is 0 Å². The predicted molar refractivity (Wildman–Crippen MR) is 108 cm³/mol. The standard InChI is InChI=1S/C22H21ClN2O3/c1-13-9-10-16-17(11-13)22(28)25(21(16)27)15-6-4-5-14(12-15)20(26)24-19-8-3-2-7-18(19)23/h2-8,12-13,16-17H,9-11H2,1H3,(H,24,26)/t13-,16-,17+/m0/s1. The van der Waals surface area contributed by atoms with Gasteiger partial charge in [0.1, 0.15) is 0 Å². The molecule has 1 aliphatic carbocycles. The van der Waals surface area contributed by atoms with Crippen molar-refractivity contribution in [1.82, 2.24) is 0 Å². The van der Waals surface area contributed by atoms with Crippen LogP contribution in [-0.2, 0) is 9.59 Å². The van der Waals surface area contributed by atoms with Crippen LogP contribution in [0.2, 0.25) is 5.02 Å². The second-order valence-electron chi connectivity index (χ2n) is 7.63. The van der Waals surface area contributed by atoms with Crippen molar-refractivity contribution in [2.45, 2.75) is 26.2 Å². The van der Waals surface area contributed by atoms with E-state index in [0.717, 1.165) is 19.3 Å². The molecule has 144 valence electrons. The molecule has 3 amide bonds. The molecule has 0 aromatic heterocycles. The molecule has 1 aliphatic heterocycles. The van der Waals surface area contributed by atoms with E-state index in [-0.39, 0.29) is 29.6 Å². The number of para-hydroxylation sites is 1. The maximum Gasteiger partial charge on any atom is 0.255 e. The Bertz CT molecular complexity index is 958. The third-order valence-electron chi connectivity index (χ3n) is 5.68. The minimum absolute atomic E-state index is 0.148. The number of imide groups is 1. The predicted octanol–water partition coefficient (Wildman–Crippen LogP) is 4.52. The van der Waals surface area contributed by atoms with Crippen molar-refractivity contribution in [3.8, 4) is 0 Å². The highest BCUT2D eigenvalue weighted by atomic mass is 35.5. The monoisotopic (exact) mass is 396 g/mol. The highest BCUT2D eigenvalue weighted by Crippen LogP contribution is 2.42. The molecule has 1 saturated carbocycles. The molecule has 0 radical (unpaired) electrons. The fourth-order valence-corrected chi connectivity index (χ4v) is 4.37. The summed E-state index contributed by atoms with van der Waals surface area (Å²) in [6, 6.07) is 13.6. The number of anilines is 2. The summed E-state index contributed by atoms with van der Waals surface area (Å²) in [5.74, 6) is -0.664. The minimum atomic E-state index is -0.347. The number of carbonyl (C=O) groups is 3. The van der Waals surface area contributed by atoms with Crippen LogP contribution in [-0.4, -0.2) is 17.7 Å². The average Bonchev–Trinajstić information content (AvgIpc) is 2.93. The number of halogens is 1. The number of fused-ring (bicyclic) bond motifs is 1. The number of nitrogens with one attached hydrogen (secondary N) is 1. The van der Waals surface area contributed by atoms with E-state index in [2.05, 4.69) is 12.2 Å². The molecule has 3 atom stereocenters. The van der Waals surface area contributed by atoms with Crippen molar-refractivity contribution in [2.24, 2.45) is 17.8 Å². The van der Waals surface area contributed by atoms with Gasteiger partial charge in [-0.15, -0.1) is 0 Å². The van der Waals surface area contributed by atoms with Gasteiger partial charge in [0.25, 0.3) is 5.91 Å². The maximum atomic E-state index is 12.9. The van der Waals surface area contributed by atoms with Crippen LogP contribution in [0.3, 0.4) is 0 Å². The summed E-state index contributed by atoms with van der Waals surface area (Å²) in [6.07, 6.45) is 2.46. The number of nitrogens with zero attached hydrogens (tertiary/aromatic N) is 1. The number of hydrogen-bond acceptors (Lipinski definition) is 3. The van der Waals surface area contributed by atoms with Gasteiger partial charge in [0.05, 0.1) is 28.2 Å². The van der Waals surface area contributed by atoms with Crippen molar-refractivity contribution in [3.63, 3.8) is 0 Å². The van der Waals surface area contributed by atoms with Crippen LogP contribution in [0.5, 0.6) is 0 Å². The zero-order chi connectivity index (χ0) is 19.8.